The molecule has 30 heavy (non-hydrogen) atoms. The molecule has 0 unspecified atom stereocenters. The maximum atomic E-state index is 12.5. The van der Waals surface area contributed by atoms with E-state index in [2.05, 4.69) is 25.3 Å². The summed E-state index contributed by atoms with van der Waals surface area (Å²) in [4.78, 5) is 34.2. The van der Waals surface area contributed by atoms with E-state index in [0.29, 0.717) is 12.4 Å². The highest BCUT2D eigenvalue weighted by atomic mass is 32.1. The molecule has 3 aromatic rings. The molecule has 1 N–H and O–H groups in total. The molecule has 1 aliphatic heterocycles. The summed E-state index contributed by atoms with van der Waals surface area (Å²) in [6.07, 6.45) is 5.84. The molecule has 2 aliphatic rings. The number of anilines is 2. The van der Waals surface area contributed by atoms with E-state index in [4.69, 9.17) is 4.74 Å². The second-order valence-corrected chi connectivity index (χ2v) is 8.84. The number of nitrogens with one attached hydrogen (secondary N) is 1. The van der Waals surface area contributed by atoms with Gasteiger partial charge in [-0.1, -0.05) is 0 Å². The summed E-state index contributed by atoms with van der Waals surface area (Å²) in [5.41, 5.74) is 3.90. The van der Waals surface area contributed by atoms with E-state index in [-0.39, 0.29) is 11.8 Å². The van der Waals surface area contributed by atoms with Crippen LogP contribution in [0.25, 0.3) is 10.2 Å². The zero-order valence-corrected chi connectivity index (χ0v) is 17.9. The number of nitrogens with zero attached hydrogens (tertiary/aromatic N) is 5. The number of amides is 1. The van der Waals surface area contributed by atoms with Crippen LogP contribution >= 0.6 is 11.3 Å². The molecule has 1 aliphatic carbocycles. The summed E-state index contributed by atoms with van der Waals surface area (Å²) in [5, 5.41) is 4.45. The van der Waals surface area contributed by atoms with E-state index < -0.39 is 0 Å². The van der Waals surface area contributed by atoms with Crippen molar-refractivity contribution in [3.63, 3.8) is 0 Å². The third kappa shape index (κ3) is 3.09. The Kier molecular flexibility index (Phi) is 4.62. The SMILES string of the molecule is COc1nc2c(cc1Nc1ncnc3sc4c(c13)CC[C@H](C(=O)N(C)C)C4)C=NC2. The van der Waals surface area contributed by atoms with E-state index in [1.807, 2.05) is 26.4 Å². The maximum Gasteiger partial charge on any atom is 0.237 e. The van der Waals surface area contributed by atoms with Crippen molar-refractivity contribution in [2.24, 2.45) is 10.9 Å². The van der Waals surface area contributed by atoms with Gasteiger partial charge in [0, 0.05) is 36.7 Å². The molecule has 1 atom stereocenters. The number of pyridine rings is 1. The van der Waals surface area contributed by atoms with Gasteiger partial charge in [0.1, 0.15) is 22.7 Å². The first kappa shape index (κ1) is 18.9. The zero-order valence-electron chi connectivity index (χ0n) is 17.1. The van der Waals surface area contributed by atoms with Crippen LogP contribution in [0.3, 0.4) is 0 Å². The lowest BCUT2D eigenvalue weighted by Crippen LogP contribution is -2.32. The summed E-state index contributed by atoms with van der Waals surface area (Å²) in [5.74, 6) is 1.49. The van der Waals surface area contributed by atoms with Gasteiger partial charge in [-0.05, 0) is 30.9 Å². The summed E-state index contributed by atoms with van der Waals surface area (Å²) >= 11 is 1.66. The minimum Gasteiger partial charge on any atom is -0.480 e. The van der Waals surface area contributed by atoms with Gasteiger partial charge >= 0.3 is 0 Å². The van der Waals surface area contributed by atoms with Crippen LogP contribution in [-0.4, -0.2) is 53.2 Å². The smallest absolute Gasteiger partial charge is 0.237 e. The lowest BCUT2D eigenvalue weighted by molar-refractivity contribution is -0.133. The van der Waals surface area contributed by atoms with Crippen LogP contribution in [0, 0.1) is 5.92 Å². The summed E-state index contributed by atoms with van der Waals surface area (Å²) in [7, 11) is 5.25. The largest absolute Gasteiger partial charge is 0.480 e. The fourth-order valence-corrected chi connectivity index (χ4v) is 5.44. The molecular weight excluding hydrogens is 400 g/mol. The van der Waals surface area contributed by atoms with Crippen LogP contribution < -0.4 is 10.1 Å². The average Bonchev–Trinajstić information content (AvgIpc) is 3.35. The number of rotatable bonds is 4. The molecule has 0 radical (unpaired) electrons. The van der Waals surface area contributed by atoms with Crippen LogP contribution in [0.4, 0.5) is 11.5 Å². The van der Waals surface area contributed by atoms with Crippen molar-refractivity contribution in [2.75, 3.05) is 26.5 Å². The topological polar surface area (TPSA) is 92.6 Å². The van der Waals surface area contributed by atoms with Crippen molar-refractivity contribution in [1.82, 2.24) is 19.9 Å². The molecule has 5 rings (SSSR count). The minimum atomic E-state index is 0.0326. The lowest BCUT2D eigenvalue weighted by atomic mass is 9.87. The second kappa shape index (κ2) is 7.32. The van der Waals surface area contributed by atoms with Gasteiger partial charge in [0.2, 0.25) is 11.8 Å². The Morgan fingerprint density at radius 1 is 1.33 bits per heavy atom. The molecular formula is C21H22N6O2S. The third-order valence-electron chi connectivity index (χ3n) is 5.65. The fourth-order valence-electron chi connectivity index (χ4n) is 4.17. The molecule has 0 fully saturated rings. The number of aromatic nitrogens is 3. The highest BCUT2D eigenvalue weighted by molar-refractivity contribution is 7.19. The number of carbonyl (C=O) groups excluding carboxylic acids is 1. The van der Waals surface area contributed by atoms with Crippen LogP contribution in [0.15, 0.2) is 17.4 Å². The summed E-state index contributed by atoms with van der Waals surface area (Å²) in [6.45, 7) is 0.578. The van der Waals surface area contributed by atoms with E-state index in [9.17, 15) is 4.79 Å². The quantitative estimate of drug-likeness (QED) is 0.695. The van der Waals surface area contributed by atoms with Crippen LogP contribution in [0.1, 0.15) is 28.1 Å². The molecule has 0 saturated carbocycles. The number of ether oxygens (including phenoxy) is 1. The summed E-state index contributed by atoms with van der Waals surface area (Å²) in [6, 6.07) is 2.00. The van der Waals surface area contributed by atoms with Gasteiger partial charge in [-0.3, -0.25) is 9.79 Å². The van der Waals surface area contributed by atoms with Crippen molar-refractivity contribution < 1.29 is 9.53 Å². The van der Waals surface area contributed by atoms with Gasteiger partial charge in [0.15, 0.2) is 0 Å². The molecule has 9 heteroatoms. The second-order valence-electron chi connectivity index (χ2n) is 7.75. The van der Waals surface area contributed by atoms with Gasteiger partial charge in [0.25, 0.3) is 0 Å². The molecule has 0 aromatic carbocycles. The van der Waals surface area contributed by atoms with Gasteiger partial charge in [-0.25, -0.2) is 15.0 Å². The number of aliphatic imine (C=N–C) groups is 1. The number of fused-ring (bicyclic) bond motifs is 4. The Morgan fingerprint density at radius 2 is 2.20 bits per heavy atom. The Balaban J connectivity index is 1.53. The van der Waals surface area contributed by atoms with Crippen molar-refractivity contribution in [2.45, 2.75) is 25.8 Å². The van der Waals surface area contributed by atoms with E-state index in [1.165, 1.54) is 10.4 Å². The average molecular weight is 423 g/mol. The third-order valence-corrected chi connectivity index (χ3v) is 6.82. The Morgan fingerprint density at radius 3 is 3.00 bits per heavy atom. The van der Waals surface area contributed by atoms with E-state index in [1.54, 1.807) is 29.7 Å². The summed E-state index contributed by atoms with van der Waals surface area (Å²) < 4.78 is 5.50. The zero-order chi connectivity index (χ0) is 20.8. The van der Waals surface area contributed by atoms with E-state index in [0.717, 1.165) is 52.2 Å². The molecule has 3 aromatic heterocycles. The molecule has 154 valence electrons. The molecule has 0 saturated heterocycles. The highest BCUT2D eigenvalue weighted by Crippen LogP contribution is 2.41. The van der Waals surface area contributed by atoms with E-state index >= 15 is 0 Å². The maximum absolute atomic E-state index is 12.5. The number of carbonyl (C=O) groups is 1. The van der Waals surface area contributed by atoms with Gasteiger partial charge in [0.05, 0.1) is 24.7 Å². The molecule has 0 spiro atoms. The van der Waals surface area contributed by atoms with Gasteiger partial charge in [-0.2, -0.15) is 0 Å². The van der Waals surface area contributed by atoms with Crippen LogP contribution in [0.2, 0.25) is 0 Å². The number of aryl methyl sites for hydroxylation is 1. The standard InChI is InChI=1S/C21H22N6O2S/c1-27(2)21(28)11-4-5-13-16(7-11)30-20-17(13)18(23-10-24-20)25-14-6-12-8-22-9-15(12)26-19(14)29-3/h6,8,10-11H,4-5,7,9H2,1-3H3,(H,23,24,25)/t11-/m0/s1. The first-order valence-corrected chi connectivity index (χ1v) is 10.7. The number of hydrogen-bond donors (Lipinski definition) is 1. The molecule has 4 heterocycles. The highest BCUT2D eigenvalue weighted by Gasteiger charge is 2.30. The van der Waals surface area contributed by atoms with Crippen LogP contribution in [0.5, 0.6) is 5.88 Å². The minimum absolute atomic E-state index is 0.0326. The van der Waals surface area contributed by atoms with Crippen molar-refractivity contribution >= 4 is 45.2 Å². The monoisotopic (exact) mass is 422 g/mol. The first-order chi connectivity index (χ1) is 14.5. The lowest BCUT2D eigenvalue weighted by Gasteiger charge is -2.24. The first-order valence-electron chi connectivity index (χ1n) is 9.86. The van der Waals surface area contributed by atoms with Crippen molar-refractivity contribution in [3.05, 3.63) is 34.1 Å². The Hall–Kier alpha value is -3.07. The number of thiophene rings is 1. The molecule has 0 bridgehead atoms. The van der Waals surface area contributed by atoms with Gasteiger partial charge < -0.3 is 15.0 Å². The number of hydrogen-bond acceptors (Lipinski definition) is 8. The van der Waals surface area contributed by atoms with Crippen molar-refractivity contribution in [1.29, 1.82) is 0 Å². The Bertz CT molecular complexity index is 1190. The molecule has 8 nitrogen and oxygen atoms in total. The fraction of sp³-hybridized carbons (Fsp3) is 0.381. The van der Waals surface area contributed by atoms with Gasteiger partial charge in [-0.15, -0.1) is 11.3 Å². The Labute approximate surface area is 178 Å². The predicted molar refractivity (Wildman–Crippen MR) is 117 cm³/mol. The molecule has 1 amide bonds. The van der Waals surface area contributed by atoms with Crippen molar-refractivity contribution in [3.8, 4) is 5.88 Å². The normalized spacial score (nSPS) is 17.0. The predicted octanol–water partition coefficient (Wildman–Crippen LogP) is 2.96. The number of methoxy groups -OCH3 is 1. The van der Waals surface area contributed by atoms with Crippen LogP contribution in [-0.2, 0) is 24.2 Å².